The van der Waals surface area contributed by atoms with Gasteiger partial charge in [0, 0.05) is 6.54 Å². The Morgan fingerprint density at radius 2 is 2.32 bits per heavy atom. The van der Waals surface area contributed by atoms with Crippen LogP contribution in [0, 0.1) is 5.82 Å². The molecule has 1 unspecified atom stereocenters. The zero-order valence-electron chi connectivity index (χ0n) is 10.8. The number of hydrogen-bond acceptors (Lipinski definition) is 3. The van der Waals surface area contributed by atoms with Crippen LogP contribution in [0.4, 0.5) is 4.39 Å². The molecule has 19 heavy (non-hydrogen) atoms. The van der Waals surface area contributed by atoms with E-state index in [1.807, 2.05) is 0 Å². The molecule has 0 aromatic heterocycles. The second kappa shape index (κ2) is 6.63. The Labute approximate surface area is 112 Å². The summed E-state index contributed by atoms with van der Waals surface area (Å²) in [6, 6.07) is 6.20. The van der Waals surface area contributed by atoms with E-state index < -0.39 is 0 Å². The van der Waals surface area contributed by atoms with E-state index in [4.69, 9.17) is 5.90 Å². The fourth-order valence-electron chi connectivity index (χ4n) is 2.54. The Bertz CT molecular complexity index is 437. The highest BCUT2D eigenvalue weighted by Crippen LogP contribution is 2.18. The summed E-state index contributed by atoms with van der Waals surface area (Å²) in [5.41, 5.74) is 0.697. The number of halogens is 1. The van der Waals surface area contributed by atoms with Crippen LogP contribution in [-0.2, 0) is 16.1 Å². The Morgan fingerprint density at radius 3 is 3.05 bits per heavy atom. The van der Waals surface area contributed by atoms with Crippen molar-refractivity contribution in [2.24, 2.45) is 5.90 Å². The van der Waals surface area contributed by atoms with Crippen molar-refractivity contribution in [3.63, 3.8) is 0 Å². The first-order valence-corrected chi connectivity index (χ1v) is 6.56. The monoisotopic (exact) mass is 266 g/mol. The second-order valence-corrected chi connectivity index (χ2v) is 4.88. The number of benzene rings is 1. The molecule has 2 rings (SSSR count). The van der Waals surface area contributed by atoms with E-state index in [2.05, 4.69) is 4.84 Å². The first-order chi connectivity index (χ1) is 9.20. The average molecular weight is 266 g/mol. The average Bonchev–Trinajstić information content (AvgIpc) is 2.39. The van der Waals surface area contributed by atoms with E-state index >= 15 is 0 Å². The van der Waals surface area contributed by atoms with Crippen LogP contribution in [0.25, 0.3) is 0 Å². The molecule has 5 heteroatoms. The Morgan fingerprint density at radius 1 is 1.47 bits per heavy atom. The zero-order valence-corrected chi connectivity index (χ0v) is 10.8. The van der Waals surface area contributed by atoms with Crippen LogP contribution >= 0.6 is 0 Å². The molecule has 1 atom stereocenters. The highest BCUT2D eigenvalue weighted by Gasteiger charge is 2.26. The van der Waals surface area contributed by atoms with Gasteiger partial charge in [0.25, 0.3) is 0 Å². The van der Waals surface area contributed by atoms with Crippen molar-refractivity contribution in [2.75, 3.05) is 13.2 Å². The molecule has 0 spiro atoms. The second-order valence-electron chi connectivity index (χ2n) is 4.88. The molecule has 1 aliphatic rings. The minimum Gasteiger partial charge on any atom is -0.337 e. The minimum atomic E-state index is -0.314. The van der Waals surface area contributed by atoms with Crippen LogP contribution in [0.15, 0.2) is 24.3 Å². The van der Waals surface area contributed by atoms with Gasteiger partial charge in [-0.05, 0) is 37.0 Å². The molecule has 0 aliphatic carbocycles. The molecule has 1 aromatic carbocycles. The Balaban J connectivity index is 2.01. The third-order valence-corrected chi connectivity index (χ3v) is 3.48. The molecule has 2 N–H and O–H groups in total. The van der Waals surface area contributed by atoms with Crippen LogP contribution < -0.4 is 5.90 Å². The molecule has 1 saturated heterocycles. The van der Waals surface area contributed by atoms with Gasteiger partial charge < -0.3 is 9.74 Å². The summed E-state index contributed by atoms with van der Waals surface area (Å²) in [6.07, 6.45) is 3.21. The molecule has 0 radical (unpaired) electrons. The van der Waals surface area contributed by atoms with Gasteiger partial charge in [0.1, 0.15) is 5.82 Å². The molecule has 1 fully saturated rings. The minimum absolute atomic E-state index is 0.00681. The number of amides is 1. The molecule has 1 amide bonds. The number of rotatable bonds is 4. The van der Waals surface area contributed by atoms with Crippen molar-refractivity contribution in [2.45, 2.75) is 31.7 Å². The van der Waals surface area contributed by atoms with Gasteiger partial charge in [0.05, 0.1) is 19.1 Å². The first-order valence-electron chi connectivity index (χ1n) is 6.56. The summed E-state index contributed by atoms with van der Waals surface area (Å²) in [4.78, 5) is 18.8. The predicted octanol–water partition coefficient (Wildman–Crippen LogP) is 1.64. The molecule has 0 saturated carbocycles. The van der Waals surface area contributed by atoms with Gasteiger partial charge in [-0.2, -0.15) is 0 Å². The lowest BCUT2D eigenvalue weighted by Gasteiger charge is -2.35. The van der Waals surface area contributed by atoms with Gasteiger partial charge in [-0.3, -0.25) is 4.79 Å². The van der Waals surface area contributed by atoms with E-state index in [1.54, 1.807) is 17.0 Å². The van der Waals surface area contributed by atoms with Crippen LogP contribution in [-0.4, -0.2) is 30.0 Å². The largest absolute Gasteiger partial charge is 0.337 e. The van der Waals surface area contributed by atoms with Crippen molar-refractivity contribution in [3.8, 4) is 0 Å². The molecule has 1 aliphatic heterocycles. The van der Waals surface area contributed by atoms with Crippen molar-refractivity contribution in [1.29, 1.82) is 0 Å². The predicted molar refractivity (Wildman–Crippen MR) is 69.6 cm³/mol. The maximum absolute atomic E-state index is 13.1. The molecule has 1 aromatic rings. The number of likely N-dealkylation sites (tertiary alicyclic amines) is 1. The summed E-state index contributed by atoms with van der Waals surface area (Å²) in [6.45, 7) is 1.08. The first kappa shape index (κ1) is 14.0. The van der Waals surface area contributed by atoms with Crippen LogP contribution in [0.3, 0.4) is 0 Å². The fraction of sp³-hybridized carbons (Fsp3) is 0.500. The number of hydrogen-bond donors (Lipinski definition) is 1. The zero-order chi connectivity index (χ0) is 13.7. The van der Waals surface area contributed by atoms with Crippen molar-refractivity contribution in [1.82, 2.24) is 4.90 Å². The van der Waals surface area contributed by atoms with E-state index in [0.29, 0.717) is 12.2 Å². The normalized spacial score (nSPS) is 19.5. The van der Waals surface area contributed by atoms with Crippen molar-refractivity contribution >= 4 is 5.91 Å². The highest BCUT2D eigenvalue weighted by atomic mass is 19.1. The molecule has 1 heterocycles. The summed E-state index contributed by atoms with van der Waals surface area (Å²) < 4.78 is 13.1. The van der Waals surface area contributed by atoms with Gasteiger partial charge in [-0.25, -0.2) is 10.3 Å². The van der Waals surface area contributed by atoms with Gasteiger partial charge in [-0.15, -0.1) is 0 Å². The standard InChI is InChI=1S/C14H19FN2O2/c15-12-5-3-4-11(8-12)9-14(18)17-7-2-1-6-13(17)10-19-16/h3-5,8,13H,1-2,6-7,9-10,16H2. The SMILES string of the molecule is NOCC1CCCCN1C(=O)Cc1cccc(F)c1. The molecular formula is C14H19FN2O2. The van der Waals surface area contributed by atoms with E-state index in [9.17, 15) is 9.18 Å². The van der Waals surface area contributed by atoms with E-state index in [-0.39, 0.29) is 24.2 Å². The molecular weight excluding hydrogens is 247 g/mol. The number of carbonyl (C=O) groups excluding carboxylic acids is 1. The molecule has 0 bridgehead atoms. The van der Waals surface area contributed by atoms with Crippen LogP contribution in [0.1, 0.15) is 24.8 Å². The van der Waals surface area contributed by atoms with E-state index in [1.165, 1.54) is 12.1 Å². The molecule has 4 nitrogen and oxygen atoms in total. The quantitative estimate of drug-likeness (QED) is 0.843. The molecule has 104 valence electrons. The summed E-state index contributed by atoms with van der Waals surface area (Å²) in [5, 5.41) is 0. The number of piperidine rings is 1. The van der Waals surface area contributed by atoms with Crippen molar-refractivity contribution in [3.05, 3.63) is 35.6 Å². The number of nitrogens with zero attached hydrogens (tertiary/aromatic N) is 1. The van der Waals surface area contributed by atoms with Gasteiger partial charge in [0.15, 0.2) is 0 Å². The lowest BCUT2D eigenvalue weighted by molar-refractivity contribution is -0.135. The van der Waals surface area contributed by atoms with E-state index in [0.717, 1.165) is 25.8 Å². The van der Waals surface area contributed by atoms with Gasteiger partial charge >= 0.3 is 0 Å². The smallest absolute Gasteiger partial charge is 0.227 e. The topological polar surface area (TPSA) is 55.6 Å². The Hall–Kier alpha value is -1.46. The highest BCUT2D eigenvalue weighted by molar-refractivity contribution is 5.79. The number of nitrogens with two attached hydrogens (primary N) is 1. The van der Waals surface area contributed by atoms with Crippen LogP contribution in [0.5, 0.6) is 0 Å². The lowest BCUT2D eigenvalue weighted by atomic mass is 10.0. The van der Waals surface area contributed by atoms with Crippen LogP contribution in [0.2, 0.25) is 0 Å². The van der Waals surface area contributed by atoms with Crippen molar-refractivity contribution < 1.29 is 14.0 Å². The summed E-state index contributed by atoms with van der Waals surface area (Å²) >= 11 is 0. The third-order valence-electron chi connectivity index (χ3n) is 3.48. The maximum atomic E-state index is 13.1. The lowest BCUT2D eigenvalue weighted by Crippen LogP contribution is -2.47. The van der Waals surface area contributed by atoms with Gasteiger partial charge in [-0.1, -0.05) is 12.1 Å². The Kier molecular flexibility index (Phi) is 4.87. The fourth-order valence-corrected chi connectivity index (χ4v) is 2.54. The summed E-state index contributed by atoms with van der Waals surface area (Å²) in [7, 11) is 0. The number of carbonyl (C=O) groups is 1. The van der Waals surface area contributed by atoms with Gasteiger partial charge in [0.2, 0.25) is 5.91 Å². The maximum Gasteiger partial charge on any atom is 0.227 e. The summed E-state index contributed by atoms with van der Waals surface area (Å²) in [5.74, 6) is 4.80. The third kappa shape index (κ3) is 3.75.